The van der Waals surface area contributed by atoms with E-state index in [1.165, 1.54) is 12.1 Å². The molecule has 9 nitrogen and oxygen atoms in total. The molecule has 0 aromatic heterocycles. The van der Waals surface area contributed by atoms with Crippen molar-refractivity contribution in [3.05, 3.63) is 29.8 Å². The summed E-state index contributed by atoms with van der Waals surface area (Å²) in [6, 6.07) is 6.22. The third kappa shape index (κ3) is 4.01. The van der Waals surface area contributed by atoms with Crippen molar-refractivity contribution in [2.24, 2.45) is 0 Å². The summed E-state index contributed by atoms with van der Waals surface area (Å²) in [5.41, 5.74) is 0.563. The summed E-state index contributed by atoms with van der Waals surface area (Å²) in [5, 5.41) is 51.0. The highest BCUT2D eigenvalue weighted by atomic mass is 16.7. The molecule has 0 bridgehead atoms. The van der Waals surface area contributed by atoms with E-state index < -0.39 is 42.8 Å². The van der Waals surface area contributed by atoms with Gasteiger partial charge < -0.3 is 40.3 Å². The molecule has 1 heterocycles. The van der Waals surface area contributed by atoms with Crippen molar-refractivity contribution in [1.82, 2.24) is 5.32 Å². The number of carboxylic acids is 1. The number of aliphatic hydroxyl groups is 3. The van der Waals surface area contributed by atoms with Crippen LogP contribution in [0, 0.1) is 0 Å². The van der Waals surface area contributed by atoms with Crippen LogP contribution in [0.25, 0.3) is 0 Å². The molecule has 0 aliphatic carbocycles. The van der Waals surface area contributed by atoms with Gasteiger partial charge in [0, 0.05) is 6.54 Å². The average molecular weight is 343 g/mol. The number of benzene rings is 1. The molecule has 1 aliphatic heterocycles. The van der Waals surface area contributed by atoms with Crippen LogP contribution in [0.4, 0.5) is 0 Å². The molecule has 1 fully saturated rings. The first kappa shape index (κ1) is 18.6. The molecule has 0 amide bonds. The van der Waals surface area contributed by atoms with E-state index in [4.69, 9.17) is 14.6 Å². The molecule has 0 saturated carbocycles. The summed E-state index contributed by atoms with van der Waals surface area (Å²) in [6.45, 7) is 0.270. The molecule has 24 heavy (non-hydrogen) atoms. The SMILES string of the molecule is CNC[C@@H](OC1OC(C(=O)O)C(O)C(O)C1O)c1cccc(O)c1. The van der Waals surface area contributed by atoms with Crippen molar-refractivity contribution in [2.75, 3.05) is 13.6 Å². The number of hydrogen-bond donors (Lipinski definition) is 6. The Morgan fingerprint density at radius 3 is 2.58 bits per heavy atom. The van der Waals surface area contributed by atoms with Crippen LogP contribution in [-0.2, 0) is 14.3 Å². The lowest BCUT2D eigenvalue weighted by Crippen LogP contribution is -2.60. The maximum absolute atomic E-state index is 11.1. The molecular formula is C15H21NO8. The van der Waals surface area contributed by atoms with E-state index >= 15 is 0 Å². The minimum atomic E-state index is -1.78. The van der Waals surface area contributed by atoms with E-state index in [1.54, 1.807) is 19.2 Å². The number of phenols is 1. The molecule has 9 heteroatoms. The molecule has 6 N–H and O–H groups in total. The van der Waals surface area contributed by atoms with Gasteiger partial charge in [0.25, 0.3) is 0 Å². The third-order valence-electron chi connectivity index (χ3n) is 3.74. The quantitative estimate of drug-likeness (QED) is 0.365. The largest absolute Gasteiger partial charge is 0.508 e. The third-order valence-corrected chi connectivity index (χ3v) is 3.74. The maximum Gasteiger partial charge on any atom is 0.335 e. The zero-order valence-electron chi connectivity index (χ0n) is 12.9. The van der Waals surface area contributed by atoms with E-state index in [9.17, 15) is 25.2 Å². The van der Waals surface area contributed by atoms with E-state index in [0.717, 1.165) is 0 Å². The van der Waals surface area contributed by atoms with Crippen LogP contribution in [0.5, 0.6) is 5.75 Å². The summed E-state index contributed by atoms with van der Waals surface area (Å²) < 4.78 is 10.7. The van der Waals surface area contributed by atoms with Gasteiger partial charge in [-0.3, -0.25) is 0 Å². The molecule has 5 unspecified atom stereocenters. The van der Waals surface area contributed by atoms with Gasteiger partial charge >= 0.3 is 5.97 Å². The van der Waals surface area contributed by atoms with Crippen LogP contribution >= 0.6 is 0 Å². The van der Waals surface area contributed by atoms with Crippen molar-refractivity contribution in [2.45, 2.75) is 36.8 Å². The number of ether oxygens (including phenoxy) is 2. The fourth-order valence-corrected chi connectivity index (χ4v) is 2.48. The fraction of sp³-hybridized carbons (Fsp3) is 0.533. The first-order chi connectivity index (χ1) is 11.3. The van der Waals surface area contributed by atoms with E-state index in [-0.39, 0.29) is 12.3 Å². The summed E-state index contributed by atoms with van der Waals surface area (Å²) in [7, 11) is 1.66. The highest BCUT2D eigenvalue weighted by Gasteiger charge is 2.48. The normalized spacial score (nSPS) is 31.6. The minimum Gasteiger partial charge on any atom is -0.508 e. The summed E-state index contributed by atoms with van der Waals surface area (Å²) in [4.78, 5) is 11.1. The van der Waals surface area contributed by atoms with Crippen LogP contribution in [0.2, 0.25) is 0 Å². The Balaban J connectivity index is 2.19. The van der Waals surface area contributed by atoms with E-state index in [1.807, 2.05) is 0 Å². The van der Waals surface area contributed by atoms with Crippen LogP contribution in [-0.4, -0.2) is 75.8 Å². The molecule has 6 atom stereocenters. The standard InChI is InChI=1S/C15H21NO8/c1-16-6-9(7-3-2-4-8(17)5-7)23-15-12(20)10(18)11(19)13(24-15)14(21)22/h2-5,9-13,15-20H,6H2,1H3,(H,21,22)/t9-,10?,11?,12?,13?,15?/m1/s1. The predicted molar refractivity (Wildman–Crippen MR) is 80.2 cm³/mol. The maximum atomic E-state index is 11.1. The number of likely N-dealkylation sites (N-methyl/N-ethyl adjacent to an activating group) is 1. The number of nitrogens with one attached hydrogen (secondary N) is 1. The summed E-state index contributed by atoms with van der Waals surface area (Å²) in [6.07, 6.45) is -9.03. The Bertz CT molecular complexity index is 568. The van der Waals surface area contributed by atoms with Gasteiger partial charge in [-0.25, -0.2) is 4.79 Å². The molecule has 2 rings (SSSR count). The second kappa shape index (κ2) is 7.88. The lowest BCUT2D eigenvalue weighted by Gasteiger charge is -2.39. The number of hydrogen-bond acceptors (Lipinski definition) is 8. The first-order valence-electron chi connectivity index (χ1n) is 7.36. The Hall–Kier alpha value is -1.75. The van der Waals surface area contributed by atoms with E-state index in [0.29, 0.717) is 5.56 Å². The van der Waals surface area contributed by atoms with Crippen molar-refractivity contribution in [3.8, 4) is 5.75 Å². The van der Waals surface area contributed by atoms with Crippen LogP contribution in [0.3, 0.4) is 0 Å². The average Bonchev–Trinajstić information content (AvgIpc) is 2.54. The highest BCUT2D eigenvalue weighted by Crippen LogP contribution is 2.28. The molecule has 0 spiro atoms. The number of aliphatic hydroxyl groups excluding tert-OH is 3. The lowest BCUT2D eigenvalue weighted by molar-refractivity contribution is -0.304. The highest BCUT2D eigenvalue weighted by molar-refractivity contribution is 5.73. The van der Waals surface area contributed by atoms with Gasteiger partial charge in [-0.15, -0.1) is 0 Å². The predicted octanol–water partition coefficient (Wildman–Crippen LogP) is -1.44. The Morgan fingerprint density at radius 1 is 1.29 bits per heavy atom. The molecule has 0 radical (unpaired) electrons. The second-order valence-electron chi connectivity index (χ2n) is 5.51. The Labute approximate surface area is 138 Å². The second-order valence-corrected chi connectivity index (χ2v) is 5.51. The summed E-state index contributed by atoms with van der Waals surface area (Å²) >= 11 is 0. The lowest BCUT2D eigenvalue weighted by atomic mass is 9.99. The van der Waals surface area contributed by atoms with Gasteiger partial charge in [0.15, 0.2) is 12.4 Å². The molecule has 1 aliphatic rings. The number of carboxylic acid groups (broad SMARTS) is 1. The van der Waals surface area contributed by atoms with Gasteiger partial charge in [0.05, 0.1) is 6.10 Å². The van der Waals surface area contributed by atoms with Crippen LogP contribution < -0.4 is 5.32 Å². The molecular weight excluding hydrogens is 322 g/mol. The number of phenolic OH excluding ortho intramolecular Hbond substituents is 1. The Morgan fingerprint density at radius 2 is 2.00 bits per heavy atom. The van der Waals surface area contributed by atoms with Crippen molar-refractivity contribution in [3.63, 3.8) is 0 Å². The van der Waals surface area contributed by atoms with Gasteiger partial charge in [0.1, 0.15) is 24.1 Å². The van der Waals surface area contributed by atoms with Crippen molar-refractivity contribution < 1.29 is 39.8 Å². The zero-order chi connectivity index (χ0) is 17.9. The van der Waals surface area contributed by atoms with Crippen LogP contribution in [0.15, 0.2) is 24.3 Å². The number of rotatable bonds is 6. The molecule has 1 aromatic rings. The van der Waals surface area contributed by atoms with Crippen molar-refractivity contribution in [1.29, 1.82) is 0 Å². The van der Waals surface area contributed by atoms with Crippen molar-refractivity contribution >= 4 is 5.97 Å². The zero-order valence-corrected chi connectivity index (χ0v) is 12.9. The number of aromatic hydroxyl groups is 1. The number of carbonyl (C=O) groups is 1. The van der Waals surface area contributed by atoms with Gasteiger partial charge in [-0.05, 0) is 24.7 Å². The first-order valence-corrected chi connectivity index (χ1v) is 7.36. The van der Waals surface area contributed by atoms with Gasteiger partial charge in [-0.2, -0.15) is 0 Å². The number of aliphatic carboxylic acids is 1. The van der Waals surface area contributed by atoms with Gasteiger partial charge in [-0.1, -0.05) is 12.1 Å². The summed E-state index contributed by atoms with van der Waals surface area (Å²) in [5.74, 6) is -1.47. The molecule has 1 aromatic carbocycles. The van der Waals surface area contributed by atoms with Crippen LogP contribution in [0.1, 0.15) is 11.7 Å². The minimum absolute atomic E-state index is 0.0150. The van der Waals surface area contributed by atoms with E-state index in [2.05, 4.69) is 5.32 Å². The smallest absolute Gasteiger partial charge is 0.335 e. The fourth-order valence-electron chi connectivity index (χ4n) is 2.48. The molecule has 1 saturated heterocycles. The molecule has 134 valence electrons. The Kier molecular flexibility index (Phi) is 6.10. The monoisotopic (exact) mass is 343 g/mol. The van der Waals surface area contributed by atoms with Gasteiger partial charge in [0.2, 0.25) is 0 Å². The topological polar surface area (TPSA) is 149 Å².